The summed E-state index contributed by atoms with van der Waals surface area (Å²) in [6, 6.07) is 0. The summed E-state index contributed by atoms with van der Waals surface area (Å²) in [5.74, 6) is -0.162. The van der Waals surface area contributed by atoms with E-state index in [4.69, 9.17) is 0 Å². The number of nitrogens with one attached hydrogen (secondary N) is 1. The van der Waals surface area contributed by atoms with Gasteiger partial charge in [-0.05, 0) is 19.1 Å². The molecule has 0 spiro atoms. The molecule has 0 radical (unpaired) electrons. The van der Waals surface area contributed by atoms with E-state index in [-0.39, 0.29) is 5.91 Å². The van der Waals surface area contributed by atoms with E-state index in [0.717, 1.165) is 0 Å². The van der Waals surface area contributed by atoms with Crippen LogP contribution in [0.25, 0.3) is 0 Å². The Kier molecular flexibility index (Phi) is 8.34. The van der Waals surface area contributed by atoms with Gasteiger partial charge < -0.3 is 5.32 Å². The van der Waals surface area contributed by atoms with Gasteiger partial charge in [-0.3, -0.25) is 9.79 Å². The van der Waals surface area contributed by atoms with Crippen LogP contribution in [0, 0.1) is 0 Å². The predicted molar refractivity (Wildman–Crippen MR) is 60.5 cm³/mol. The summed E-state index contributed by atoms with van der Waals surface area (Å²) >= 11 is 0. The van der Waals surface area contributed by atoms with E-state index in [1.807, 2.05) is 31.2 Å². The number of aliphatic imine (C=N–C) groups is 1. The zero-order valence-corrected chi connectivity index (χ0v) is 8.44. The molecule has 0 aliphatic carbocycles. The van der Waals surface area contributed by atoms with Gasteiger partial charge in [0.25, 0.3) is 0 Å². The fourth-order valence-electron chi connectivity index (χ4n) is 0.676. The number of amides is 1. The Morgan fingerprint density at radius 2 is 2.21 bits per heavy atom. The molecular formula is C11H16N2O. The Hall–Kier alpha value is -1.64. The van der Waals surface area contributed by atoms with Gasteiger partial charge in [-0.15, -0.1) is 0 Å². The molecule has 0 bridgehead atoms. The van der Waals surface area contributed by atoms with E-state index in [9.17, 15) is 4.79 Å². The lowest BCUT2D eigenvalue weighted by Crippen LogP contribution is -2.23. The first-order valence-corrected chi connectivity index (χ1v) is 4.49. The highest BCUT2D eigenvalue weighted by Gasteiger charge is 1.88. The summed E-state index contributed by atoms with van der Waals surface area (Å²) in [5.41, 5.74) is 0. The van der Waals surface area contributed by atoms with Gasteiger partial charge in [-0.1, -0.05) is 24.8 Å². The summed E-state index contributed by atoms with van der Waals surface area (Å²) < 4.78 is 0. The van der Waals surface area contributed by atoms with Crippen LogP contribution in [0.15, 0.2) is 42.0 Å². The van der Waals surface area contributed by atoms with Crippen molar-refractivity contribution >= 4 is 12.1 Å². The van der Waals surface area contributed by atoms with Gasteiger partial charge >= 0.3 is 0 Å². The van der Waals surface area contributed by atoms with E-state index in [1.54, 1.807) is 6.21 Å². The van der Waals surface area contributed by atoms with Crippen LogP contribution in [0.2, 0.25) is 0 Å². The molecule has 3 heteroatoms. The van der Waals surface area contributed by atoms with Crippen LogP contribution in [0.4, 0.5) is 0 Å². The summed E-state index contributed by atoms with van der Waals surface area (Å²) in [6.45, 7) is 6.41. The number of hydrogen-bond acceptors (Lipinski definition) is 2. The molecule has 0 fully saturated rings. The predicted octanol–water partition coefficient (Wildman–Crippen LogP) is 1.49. The third-order valence-electron chi connectivity index (χ3n) is 1.33. The first kappa shape index (κ1) is 12.4. The Bertz CT molecular complexity index is 252. The summed E-state index contributed by atoms with van der Waals surface area (Å²) in [7, 11) is 0. The highest BCUT2D eigenvalue weighted by molar-refractivity contribution is 5.86. The van der Waals surface area contributed by atoms with Gasteiger partial charge in [-0.25, -0.2) is 0 Å². The second-order valence-corrected chi connectivity index (χ2v) is 2.46. The average molecular weight is 192 g/mol. The Labute approximate surface area is 84.9 Å². The average Bonchev–Trinajstić information content (AvgIpc) is 2.21. The minimum atomic E-state index is -0.162. The molecule has 0 aliphatic rings. The molecule has 0 unspecified atom stereocenters. The molecule has 0 aromatic rings. The van der Waals surface area contributed by atoms with Crippen molar-refractivity contribution < 1.29 is 4.79 Å². The van der Waals surface area contributed by atoms with Crippen molar-refractivity contribution in [2.45, 2.75) is 6.92 Å². The van der Waals surface area contributed by atoms with E-state index in [0.29, 0.717) is 13.1 Å². The molecule has 0 heterocycles. The lowest BCUT2D eigenvalue weighted by atomic mass is 10.4. The van der Waals surface area contributed by atoms with E-state index >= 15 is 0 Å². The molecular weight excluding hydrogens is 176 g/mol. The fraction of sp³-hybridized carbons (Fsp3) is 0.273. The molecule has 76 valence electrons. The molecule has 1 amide bonds. The minimum Gasteiger partial charge on any atom is -0.351 e. The van der Waals surface area contributed by atoms with Crippen LogP contribution in [-0.4, -0.2) is 25.2 Å². The van der Waals surface area contributed by atoms with Crippen LogP contribution in [0.3, 0.4) is 0 Å². The maximum absolute atomic E-state index is 10.7. The molecule has 0 aromatic carbocycles. The van der Waals surface area contributed by atoms with Crippen molar-refractivity contribution in [1.29, 1.82) is 0 Å². The zero-order chi connectivity index (χ0) is 10.6. The van der Waals surface area contributed by atoms with Crippen LogP contribution in [0.5, 0.6) is 0 Å². The van der Waals surface area contributed by atoms with Gasteiger partial charge in [0.2, 0.25) is 5.91 Å². The normalized spacial score (nSPS) is 11.5. The number of hydrogen-bond donors (Lipinski definition) is 1. The quantitative estimate of drug-likeness (QED) is 0.294. The highest BCUT2D eigenvalue weighted by Crippen LogP contribution is 1.74. The molecule has 0 atom stereocenters. The Morgan fingerprint density at radius 3 is 2.86 bits per heavy atom. The maximum atomic E-state index is 10.7. The highest BCUT2D eigenvalue weighted by atomic mass is 16.1. The van der Waals surface area contributed by atoms with Gasteiger partial charge in [-0.2, -0.15) is 0 Å². The summed E-state index contributed by atoms with van der Waals surface area (Å²) in [4.78, 5) is 14.7. The number of allylic oxidation sites excluding steroid dienone is 4. The van der Waals surface area contributed by atoms with Gasteiger partial charge in [0.05, 0.1) is 6.54 Å². The van der Waals surface area contributed by atoms with Gasteiger partial charge in [0, 0.05) is 12.8 Å². The van der Waals surface area contributed by atoms with E-state index < -0.39 is 0 Å². The first-order chi connectivity index (χ1) is 6.81. The molecule has 0 rings (SSSR count). The fourth-order valence-corrected chi connectivity index (χ4v) is 0.676. The second-order valence-electron chi connectivity index (χ2n) is 2.46. The number of nitrogens with zero attached hydrogens (tertiary/aromatic N) is 1. The van der Waals surface area contributed by atoms with E-state index in [2.05, 4.69) is 16.9 Å². The van der Waals surface area contributed by atoms with Crippen LogP contribution < -0.4 is 5.32 Å². The Morgan fingerprint density at radius 1 is 1.43 bits per heavy atom. The standard InChI is InChI=1S/C11H16N2O/c1-3-5-6-7-8-12-9-10-13-11(14)4-2/h3-8H,2,9-10H2,1H3,(H,13,14)/b5-3-,7-6-,12-8?. The molecule has 1 N–H and O–H groups in total. The molecule has 0 saturated carbocycles. The smallest absolute Gasteiger partial charge is 0.243 e. The van der Waals surface area contributed by atoms with Crippen molar-refractivity contribution in [2.75, 3.05) is 13.1 Å². The minimum absolute atomic E-state index is 0.162. The number of carbonyl (C=O) groups is 1. The molecule has 0 aliphatic heterocycles. The van der Waals surface area contributed by atoms with Crippen LogP contribution in [0.1, 0.15) is 6.92 Å². The number of rotatable bonds is 6. The first-order valence-electron chi connectivity index (χ1n) is 4.49. The van der Waals surface area contributed by atoms with Crippen molar-refractivity contribution in [3.8, 4) is 0 Å². The summed E-state index contributed by atoms with van der Waals surface area (Å²) in [6.07, 6.45) is 10.6. The zero-order valence-electron chi connectivity index (χ0n) is 8.44. The van der Waals surface area contributed by atoms with Gasteiger partial charge in [0.15, 0.2) is 0 Å². The third-order valence-corrected chi connectivity index (χ3v) is 1.33. The summed E-state index contributed by atoms with van der Waals surface area (Å²) in [5, 5.41) is 2.63. The van der Waals surface area contributed by atoms with Crippen LogP contribution in [-0.2, 0) is 4.79 Å². The second kappa shape index (κ2) is 9.45. The van der Waals surface area contributed by atoms with Crippen molar-refractivity contribution in [2.24, 2.45) is 4.99 Å². The maximum Gasteiger partial charge on any atom is 0.243 e. The number of carbonyl (C=O) groups excluding carboxylic acids is 1. The monoisotopic (exact) mass is 192 g/mol. The molecule has 3 nitrogen and oxygen atoms in total. The van der Waals surface area contributed by atoms with Crippen molar-refractivity contribution in [3.05, 3.63) is 37.0 Å². The molecule has 14 heavy (non-hydrogen) atoms. The Balaban J connectivity index is 3.44. The topological polar surface area (TPSA) is 41.5 Å². The van der Waals surface area contributed by atoms with Gasteiger partial charge in [0.1, 0.15) is 0 Å². The molecule has 0 aromatic heterocycles. The third kappa shape index (κ3) is 8.46. The van der Waals surface area contributed by atoms with Crippen molar-refractivity contribution in [3.63, 3.8) is 0 Å². The lowest BCUT2D eigenvalue weighted by Gasteiger charge is -1.96. The SMILES string of the molecule is C=CC(=O)NCCN=C/C=C\C=C/C. The van der Waals surface area contributed by atoms with Crippen LogP contribution >= 0.6 is 0 Å². The van der Waals surface area contributed by atoms with Crippen molar-refractivity contribution in [1.82, 2.24) is 5.32 Å². The lowest BCUT2D eigenvalue weighted by molar-refractivity contribution is -0.116. The van der Waals surface area contributed by atoms with E-state index in [1.165, 1.54) is 6.08 Å². The molecule has 0 saturated heterocycles. The largest absolute Gasteiger partial charge is 0.351 e.